The number of anilines is 1. The number of aromatic carboxylic acids is 1. The molecule has 2 aromatic rings. The van der Waals surface area contributed by atoms with Crippen molar-refractivity contribution in [3.05, 3.63) is 55.4 Å². The van der Waals surface area contributed by atoms with Gasteiger partial charge in [-0.05, 0) is 24.3 Å². The third-order valence-corrected chi connectivity index (χ3v) is 3.98. The molecule has 21 heavy (non-hydrogen) atoms. The lowest BCUT2D eigenvalue weighted by Crippen LogP contribution is -2.13. The van der Waals surface area contributed by atoms with E-state index in [9.17, 15) is 19.7 Å². The fraction of sp³-hybridized carbons (Fsp3) is 0. The summed E-state index contributed by atoms with van der Waals surface area (Å²) in [6.45, 7) is 0. The fourth-order valence-electron chi connectivity index (χ4n) is 1.53. The van der Waals surface area contributed by atoms with Crippen LogP contribution < -0.4 is 5.32 Å². The Morgan fingerprint density at radius 2 is 2.00 bits per heavy atom. The molecule has 0 bridgehead atoms. The van der Waals surface area contributed by atoms with Gasteiger partial charge in [0, 0.05) is 10.5 Å². The standard InChI is InChI=1S/C12H7BrN2O5S/c13-6-1-2-8(7(5-6)12(17)18)14-11(16)9-3-4-10(21-9)15(19)20/h1-5H,(H,14,16)(H,17,18). The molecule has 0 saturated carbocycles. The molecule has 108 valence electrons. The highest BCUT2D eigenvalue weighted by Gasteiger charge is 2.18. The monoisotopic (exact) mass is 370 g/mol. The maximum absolute atomic E-state index is 12.0. The van der Waals surface area contributed by atoms with Crippen molar-refractivity contribution in [3.63, 3.8) is 0 Å². The topological polar surface area (TPSA) is 110 Å². The van der Waals surface area contributed by atoms with Gasteiger partial charge in [-0.1, -0.05) is 27.3 Å². The zero-order valence-electron chi connectivity index (χ0n) is 10.2. The number of amides is 1. The number of thiophene rings is 1. The second-order valence-corrected chi connectivity index (χ2v) is 5.82. The first-order valence-electron chi connectivity index (χ1n) is 5.47. The van der Waals surface area contributed by atoms with Crippen LogP contribution in [0.25, 0.3) is 0 Å². The first kappa shape index (κ1) is 15.1. The van der Waals surface area contributed by atoms with Crippen LogP contribution in [0.2, 0.25) is 0 Å². The molecule has 0 aliphatic carbocycles. The Hall–Kier alpha value is -2.26. The van der Waals surface area contributed by atoms with Crippen molar-refractivity contribution < 1.29 is 19.6 Å². The van der Waals surface area contributed by atoms with E-state index in [-0.39, 0.29) is 21.1 Å². The summed E-state index contributed by atoms with van der Waals surface area (Å²) < 4.78 is 0.560. The van der Waals surface area contributed by atoms with E-state index in [1.54, 1.807) is 6.07 Å². The lowest BCUT2D eigenvalue weighted by atomic mass is 10.2. The van der Waals surface area contributed by atoms with E-state index < -0.39 is 16.8 Å². The number of nitro groups is 1. The molecule has 0 aliphatic heterocycles. The van der Waals surface area contributed by atoms with E-state index in [1.165, 1.54) is 24.3 Å². The normalized spacial score (nSPS) is 10.1. The molecular formula is C12H7BrN2O5S. The molecule has 0 aliphatic rings. The number of carbonyl (C=O) groups excluding carboxylic acids is 1. The summed E-state index contributed by atoms with van der Waals surface area (Å²) in [5, 5.41) is 21.9. The average molecular weight is 371 g/mol. The molecule has 1 aromatic carbocycles. The van der Waals surface area contributed by atoms with E-state index in [4.69, 9.17) is 5.11 Å². The number of carboxylic acids is 1. The molecule has 1 heterocycles. The Kier molecular flexibility index (Phi) is 4.34. The molecular weight excluding hydrogens is 364 g/mol. The van der Waals surface area contributed by atoms with E-state index in [2.05, 4.69) is 21.2 Å². The molecule has 0 fully saturated rings. The van der Waals surface area contributed by atoms with Crippen LogP contribution in [0.4, 0.5) is 10.7 Å². The van der Waals surface area contributed by atoms with Gasteiger partial charge in [0.25, 0.3) is 5.91 Å². The summed E-state index contributed by atoms with van der Waals surface area (Å²) in [6.07, 6.45) is 0. The molecule has 0 unspecified atom stereocenters. The van der Waals surface area contributed by atoms with Crippen LogP contribution in [0, 0.1) is 10.1 Å². The highest BCUT2D eigenvalue weighted by atomic mass is 79.9. The summed E-state index contributed by atoms with van der Waals surface area (Å²) in [4.78, 5) is 33.2. The van der Waals surface area contributed by atoms with Crippen LogP contribution in [0.5, 0.6) is 0 Å². The average Bonchev–Trinajstić information content (AvgIpc) is 2.90. The van der Waals surface area contributed by atoms with E-state index in [0.717, 1.165) is 11.3 Å². The largest absolute Gasteiger partial charge is 0.478 e. The number of nitrogens with zero attached hydrogens (tertiary/aromatic N) is 1. The van der Waals surface area contributed by atoms with E-state index >= 15 is 0 Å². The van der Waals surface area contributed by atoms with Gasteiger partial charge < -0.3 is 10.4 Å². The van der Waals surface area contributed by atoms with Crippen molar-refractivity contribution in [2.45, 2.75) is 0 Å². The zero-order valence-corrected chi connectivity index (χ0v) is 12.6. The Morgan fingerprint density at radius 1 is 1.29 bits per heavy atom. The van der Waals surface area contributed by atoms with Gasteiger partial charge in [0.1, 0.15) is 0 Å². The van der Waals surface area contributed by atoms with E-state index in [0.29, 0.717) is 4.47 Å². The van der Waals surface area contributed by atoms with Crippen LogP contribution in [-0.4, -0.2) is 21.9 Å². The summed E-state index contributed by atoms with van der Waals surface area (Å²) in [5.41, 5.74) is 0.0375. The molecule has 9 heteroatoms. The van der Waals surface area contributed by atoms with Crippen molar-refractivity contribution in [3.8, 4) is 0 Å². The second kappa shape index (κ2) is 6.02. The maximum Gasteiger partial charge on any atom is 0.337 e. The Bertz CT molecular complexity index is 743. The van der Waals surface area contributed by atoms with Crippen LogP contribution in [0.15, 0.2) is 34.8 Å². The zero-order chi connectivity index (χ0) is 15.6. The van der Waals surface area contributed by atoms with Crippen molar-refractivity contribution in [1.82, 2.24) is 0 Å². The molecule has 0 saturated heterocycles. The quantitative estimate of drug-likeness (QED) is 0.633. The van der Waals surface area contributed by atoms with E-state index in [1.807, 2.05) is 0 Å². The van der Waals surface area contributed by atoms with Gasteiger partial charge in [-0.15, -0.1) is 0 Å². The smallest absolute Gasteiger partial charge is 0.337 e. The van der Waals surface area contributed by atoms with Crippen molar-refractivity contribution >= 4 is 49.8 Å². The summed E-state index contributed by atoms with van der Waals surface area (Å²) in [7, 11) is 0. The van der Waals surface area contributed by atoms with Crippen LogP contribution >= 0.6 is 27.3 Å². The van der Waals surface area contributed by atoms with Gasteiger partial charge >= 0.3 is 11.0 Å². The number of hydrogen-bond donors (Lipinski definition) is 2. The minimum atomic E-state index is -1.19. The number of halogens is 1. The second-order valence-electron chi connectivity index (χ2n) is 3.84. The molecule has 2 rings (SSSR count). The Morgan fingerprint density at radius 3 is 2.57 bits per heavy atom. The van der Waals surface area contributed by atoms with Crippen LogP contribution in [0.1, 0.15) is 20.0 Å². The minimum absolute atomic E-state index is 0.0798. The Balaban J connectivity index is 2.27. The van der Waals surface area contributed by atoms with Crippen LogP contribution in [-0.2, 0) is 0 Å². The minimum Gasteiger partial charge on any atom is -0.478 e. The number of carbonyl (C=O) groups is 2. The number of carboxylic acid groups (broad SMARTS) is 1. The van der Waals surface area contributed by atoms with Gasteiger partial charge in [-0.3, -0.25) is 14.9 Å². The number of nitrogens with one attached hydrogen (secondary N) is 1. The first-order valence-corrected chi connectivity index (χ1v) is 7.08. The molecule has 1 aromatic heterocycles. The predicted molar refractivity (Wildman–Crippen MR) is 80.0 cm³/mol. The number of benzene rings is 1. The molecule has 1 amide bonds. The van der Waals surface area contributed by atoms with Gasteiger partial charge in [-0.2, -0.15) is 0 Å². The SMILES string of the molecule is O=C(Nc1ccc(Br)cc1C(=O)O)c1ccc([N+](=O)[O-])s1. The van der Waals surface area contributed by atoms with Gasteiger partial charge in [0.05, 0.1) is 21.1 Å². The predicted octanol–water partition coefficient (Wildman–Crippen LogP) is 3.37. The van der Waals surface area contributed by atoms with Crippen molar-refractivity contribution in [2.75, 3.05) is 5.32 Å². The highest BCUT2D eigenvalue weighted by molar-refractivity contribution is 9.10. The summed E-state index contributed by atoms with van der Waals surface area (Å²) >= 11 is 3.86. The van der Waals surface area contributed by atoms with Gasteiger partial charge in [-0.25, -0.2) is 4.79 Å². The van der Waals surface area contributed by atoms with Gasteiger partial charge in [0.15, 0.2) is 0 Å². The van der Waals surface area contributed by atoms with Crippen molar-refractivity contribution in [1.29, 1.82) is 0 Å². The molecule has 0 radical (unpaired) electrons. The molecule has 0 spiro atoms. The third-order valence-electron chi connectivity index (χ3n) is 2.46. The fourth-order valence-corrected chi connectivity index (χ4v) is 2.61. The Labute approximate surface area is 130 Å². The lowest BCUT2D eigenvalue weighted by Gasteiger charge is -2.07. The lowest BCUT2D eigenvalue weighted by molar-refractivity contribution is -0.380. The maximum atomic E-state index is 12.0. The molecule has 0 atom stereocenters. The first-order chi connectivity index (χ1) is 9.88. The number of rotatable bonds is 4. The highest BCUT2D eigenvalue weighted by Crippen LogP contribution is 2.26. The summed E-state index contributed by atoms with van der Waals surface area (Å²) in [5.74, 6) is -1.79. The van der Waals surface area contributed by atoms with Crippen LogP contribution in [0.3, 0.4) is 0 Å². The van der Waals surface area contributed by atoms with Gasteiger partial charge in [0.2, 0.25) is 0 Å². The number of hydrogen-bond acceptors (Lipinski definition) is 5. The molecule has 7 nitrogen and oxygen atoms in total. The third kappa shape index (κ3) is 3.44. The molecule has 2 N–H and O–H groups in total. The van der Waals surface area contributed by atoms with Crippen molar-refractivity contribution in [2.24, 2.45) is 0 Å². The summed E-state index contributed by atoms with van der Waals surface area (Å²) in [6, 6.07) is 6.91.